The second-order valence-corrected chi connectivity index (χ2v) is 4.89. The molecule has 0 fully saturated rings. The number of amides is 1. The summed E-state index contributed by atoms with van der Waals surface area (Å²) in [4.78, 5) is 11.8. The van der Waals surface area contributed by atoms with Crippen molar-refractivity contribution in [3.63, 3.8) is 0 Å². The number of carbonyl (C=O) groups excluding carboxylic acids is 1. The topological polar surface area (TPSA) is 75.3 Å². The van der Waals surface area contributed by atoms with Gasteiger partial charge in [-0.3, -0.25) is 4.79 Å². The molecule has 0 aliphatic heterocycles. The summed E-state index contributed by atoms with van der Waals surface area (Å²) in [5.74, 6) is -0.180. The third-order valence-electron chi connectivity index (χ3n) is 2.34. The van der Waals surface area contributed by atoms with Crippen LogP contribution >= 0.6 is 15.9 Å². The molecule has 1 aromatic carbocycles. The number of nitrogens with two attached hydrogens (primary N) is 1. The van der Waals surface area contributed by atoms with Gasteiger partial charge in [-0.2, -0.15) is 0 Å². The molecule has 0 aliphatic rings. The lowest BCUT2D eigenvalue weighted by atomic mass is 10.1. The zero-order valence-electron chi connectivity index (χ0n) is 9.74. The zero-order valence-corrected chi connectivity index (χ0v) is 11.3. The number of rotatable bonds is 5. The molecule has 0 aliphatic carbocycles. The van der Waals surface area contributed by atoms with Crippen molar-refractivity contribution in [3.8, 4) is 0 Å². The standard InChI is InChI=1S/C12H17BrN2O2/c1-8(16)3-2-6-15-12(17)10-5-4-9(13)7-11(10)14/h4-5,7-8,16H,2-3,6,14H2,1H3,(H,15,17). The predicted octanol–water partition coefficient (Wildman–Crippen LogP) is 1.92. The molecular formula is C12H17BrN2O2. The maximum absolute atomic E-state index is 11.8. The molecule has 0 saturated carbocycles. The second kappa shape index (κ2) is 6.61. The van der Waals surface area contributed by atoms with E-state index in [9.17, 15) is 4.79 Å². The van der Waals surface area contributed by atoms with Gasteiger partial charge >= 0.3 is 0 Å². The molecule has 94 valence electrons. The van der Waals surface area contributed by atoms with E-state index < -0.39 is 0 Å². The molecule has 4 N–H and O–H groups in total. The first-order valence-corrected chi connectivity index (χ1v) is 6.31. The number of aliphatic hydroxyl groups excluding tert-OH is 1. The Hall–Kier alpha value is -1.07. The number of carbonyl (C=O) groups is 1. The normalized spacial score (nSPS) is 12.2. The molecule has 17 heavy (non-hydrogen) atoms. The lowest BCUT2D eigenvalue weighted by molar-refractivity contribution is 0.0950. The average molecular weight is 301 g/mol. The first-order valence-electron chi connectivity index (χ1n) is 5.52. The highest BCUT2D eigenvalue weighted by Gasteiger charge is 2.09. The van der Waals surface area contributed by atoms with Crippen molar-refractivity contribution in [1.29, 1.82) is 0 Å². The summed E-state index contributed by atoms with van der Waals surface area (Å²) in [6.45, 7) is 2.27. The molecule has 0 heterocycles. The molecule has 1 unspecified atom stereocenters. The molecule has 1 rings (SSSR count). The van der Waals surface area contributed by atoms with Gasteiger partial charge in [0.1, 0.15) is 0 Å². The highest BCUT2D eigenvalue weighted by molar-refractivity contribution is 9.10. The number of aliphatic hydroxyl groups is 1. The third-order valence-corrected chi connectivity index (χ3v) is 2.84. The van der Waals surface area contributed by atoms with Gasteiger partial charge in [-0.05, 0) is 38.0 Å². The van der Waals surface area contributed by atoms with Crippen molar-refractivity contribution in [1.82, 2.24) is 5.32 Å². The Bertz CT molecular complexity index is 394. The summed E-state index contributed by atoms with van der Waals surface area (Å²) >= 11 is 3.29. The van der Waals surface area contributed by atoms with Crippen molar-refractivity contribution < 1.29 is 9.90 Å². The summed E-state index contributed by atoms with van der Waals surface area (Å²) in [5, 5.41) is 11.8. The number of hydrogen-bond acceptors (Lipinski definition) is 3. The fraction of sp³-hybridized carbons (Fsp3) is 0.417. The van der Waals surface area contributed by atoms with E-state index in [0.717, 1.165) is 10.9 Å². The zero-order chi connectivity index (χ0) is 12.8. The minimum absolute atomic E-state index is 0.180. The molecule has 0 bridgehead atoms. The Kier molecular flexibility index (Phi) is 5.44. The van der Waals surface area contributed by atoms with Crippen LogP contribution in [0, 0.1) is 0 Å². The Balaban J connectivity index is 2.47. The van der Waals surface area contributed by atoms with Gasteiger partial charge in [0.25, 0.3) is 5.91 Å². The summed E-state index contributed by atoms with van der Waals surface area (Å²) in [6.07, 6.45) is 1.10. The SMILES string of the molecule is CC(O)CCCNC(=O)c1ccc(Br)cc1N. The Labute approximate surface area is 109 Å². The van der Waals surface area contributed by atoms with E-state index in [-0.39, 0.29) is 12.0 Å². The molecule has 1 amide bonds. The summed E-state index contributed by atoms with van der Waals surface area (Å²) in [7, 11) is 0. The highest BCUT2D eigenvalue weighted by Crippen LogP contribution is 2.18. The molecule has 1 atom stereocenters. The number of anilines is 1. The fourth-order valence-corrected chi connectivity index (χ4v) is 1.81. The van der Waals surface area contributed by atoms with Gasteiger partial charge in [0.05, 0.1) is 11.7 Å². The quantitative estimate of drug-likeness (QED) is 0.574. The van der Waals surface area contributed by atoms with Gasteiger partial charge < -0.3 is 16.2 Å². The molecule has 0 aromatic heterocycles. The van der Waals surface area contributed by atoms with E-state index in [4.69, 9.17) is 10.8 Å². The summed E-state index contributed by atoms with van der Waals surface area (Å²) in [6, 6.07) is 5.16. The molecule has 4 nitrogen and oxygen atoms in total. The molecule has 1 aromatic rings. The van der Waals surface area contributed by atoms with Crippen molar-refractivity contribution >= 4 is 27.5 Å². The van der Waals surface area contributed by atoms with Crippen molar-refractivity contribution in [3.05, 3.63) is 28.2 Å². The largest absolute Gasteiger partial charge is 0.398 e. The van der Waals surface area contributed by atoms with Crippen LogP contribution in [0.3, 0.4) is 0 Å². The molecular weight excluding hydrogens is 284 g/mol. The van der Waals surface area contributed by atoms with Crippen LogP contribution in [0.5, 0.6) is 0 Å². The van der Waals surface area contributed by atoms with E-state index in [0.29, 0.717) is 24.2 Å². The van der Waals surface area contributed by atoms with E-state index in [1.54, 1.807) is 25.1 Å². The van der Waals surface area contributed by atoms with E-state index in [1.165, 1.54) is 0 Å². The van der Waals surface area contributed by atoms with Gasteiger partial charge in [-0.25, -0.2) is 0 Å². The first-order chi connectivity index (χ1) is 8.00. The first kappa shape index (κ1) is 14.0. The van der Waals surface area contributed by atoms with Crippen LogP contribution < -0.4 is 11.1 Å². The second-order valence-electron chi connectivity index (χ2n) is 3.98. The van der Waals surface area contributed by atoms with Crippen molar-refractivity contribution in [2.75, 3.05) is 12.3 Å². The van der Waals surface area contributed by atoms with E-state index in [2.05, 4.69) is 21.2 Å². The lowest BCUT2D eigenvalue weighted by Crippen LogP contribution is -2.25. The minimum Gasteiger partial charge on any atom is -0.398 e. The third kappa shape index (κ3) is 4.75. The minimum atomic E-state index is -0.329. The Morgan fingerprint density at radius 3 is 2.88 bits per heavy atom. The van der Waals surface area contributed by atoms with Crippen LogP contribution in [-0.4, -0.2) is 23.7 Å². The van der Waals surface area contributed by atoms with Crippen LogP contribution in [0.15, 0.2) is 22.7 Å². The van der Waals surface area contributed by atoms with Crippen LogP contribution in [-0.2, 0) is 0 Å². The van der Waals surface area contributed by atoms with Crippen LogP contribution in [0.4, 0.5) is 5.69 Å². The number of hydrogen-bond donors (Lipinski definition) is 3. The van der Waals surface area contributed by atoms with Crippen LogP contribution in [0.2, 0.25) is 0 Å². The van der Waals surface area contributed by atoms with Crippen molar-refractivity contribution in [2.45, 2.75) is 25.9 Å². The molecule has 0 saturated heterocycles. The van der Waals surface area contributed by atoms with Gasteiger partial charge in [-0.15, -0.1) is 0 Å². The van der Waals surface area contributed by atoms with Gasteiger partial charge in [0, 0.05) is 16.7 Å². The smallest absolute Gasteiger partial charge is 0.253 e. The van der Waals surface area contributed by atoms with Crippen LogP contribution in [0.25, 0.3) is 0 Å². The molecule has 5 heteroatoms. The van der Waals surface area contributed by atoms with E-state index in [1.807, 2.05) is 0 Å². The Morgan fingerprint density at radius 1 is 1.59 bits per heavy atom. The molecule has 0 spiro atoms. The fourth-order valence-electron chi connectivity index (χ4n) is 1.43. The highest BCUT2D eigenvalue weighted by atomic mass is 79.9. The average Bonchev–Trinajstić information content (AvgIpc) is 2.23. The molecule has 0 radical (unpaired) electrons. The summed E-state index contributed by atoms with van der Waals surface area (Å²) in [5.41, 5.74) is 6.67. The number of nitrogen functional groups attached to an aromatic ring is 1. The van der Waals surface area contributed by atoms with E-state index >= 15 is 0 Å². The predicted molar refractivity (Wildman–Crippen MR) is 71.8 cm³/mol. The Morgan fingerprint density at radius 2 is 2.29 bits per heavy atom. The van der Waals surface area contributed by atoms with Gasteiger partial charge in [-0.1, -0.05) is 15.9 Å². The number of nitrogens with one attached hydrogen (secondary N) is 1. The van der Waals surface area contributed by atoms with Gasteiger partial charge in [0.15, 0.2) is 0 Å². The van der Waals surface area contributed by atoms with Gasteiger partial charge in [0.2, 0.25) is 0 Å². The van der Waals surface area contributed by atoms with Crippen LogP contribution in [0.1, 0.15) is 30.1 Å². The number of halogens is 1. The summed E-state index contributed by atoms with van der Waals surface area (Å²) < 4.78 is 0.848. The van der Waals surface area contributed by atoms with Crippen molar-refractivity contribution in [2.24, 2.45) is 0 Å². The lowest BCUT2D eigenvalue weighted by Gasteiger charge is -2.08. The maximum atomic E-state index is 11.8. The maximum Gasteiger partial charge on any atom is 0.253 e. The monoisotopic (exact) mass is 300 g/mol. The number of benzene rings is 1.